The van der Waals surface area contributed by atoms with Gasteiger partial charge >= 0.3 is 0 Å². The Balaban J connectivity index is 1.53. The summed E-state index contributed by atoms with van der Waals surface area (Å²) in [7, 11) is 0. The van der Waals surface area contributed by atoms with Crippen LogP contribution >= 0.6 is 0 Å². The number of hydrogen-bond donors (Lipinski definition) is 2. The second kappa shape index (κ2) is 8.57. The van der Waals surface area contributed by atoms with Gasteiger partial charge in [-0.25, -0.2) is 0 Å². The predicted molar refractivity (Wildman–Crippen MR) is 125 cm³/mol. The summed E-state index contributed by atoms with van der Waals surface area (Å²) < 4.78 is 8.21. The van der Waals surface area contributed by atoms with Gasteiger partial charge in [0, 0.05) is 49.2 Å². The molecular weight excluding hydrogens is 438 g/mol. The summed E-state index contributed by atoms with van der Waals surface area (Å²) in [6, 6.07) is 0.0427. The van der Waals surface area contributed by atoms with Gasteiger partial charge in [-0.15, -0.1) is 0 Å². The number of likely N-dealkylation sites (tertiary alicyclic amines) is 1. The average Bonchev–Trinajstić information content (AvgIpc) is 3.16. The maximum Gasteiger partial charge on any atom is 0.270 e. The van der Waals surface area contributed by atoms with Crippen molar-refractivity contribution >= 4 is 23.5 Å². The summed E-state index contributed by atoms with van der Waals surface area (Å²) >= 11 is 0. The van der Waals surface area contributed by atoms with Gasteiger partial charge in [-0.2, -0.15) is 9.61 Å². The van der Waals surface area contributed by atoms with Gasteiger partial charge in [0.25, 0.3) is 11.5 Å². The molecule has 0 radical (unpaired) electrons. The van der Waals surface area contributed by atoms with Crippen molar-refractivity contribution in [3.05, 3.63) is 33.3 Å². The van der Waals surface area contributed by atoms with Gasteiger partial charge in [0.05, 0.1) is 18.9 Å². The van der Waals surface area contributed by atoms with E-state index in [0.717, 1.165) is 12.8 Å². The lowest BCUT2D eigenvalue weighted by molar-refractivity contribution is -0.125. The van der Waals surface area contributed by atoms with Crippen LogP contribution in [0, 0.1) is 24.7 Å². The van der Waals surface area contributed by atoms with Crippen LogP contribution in [0.3, 0.4) is 0 Å². The number of aromatic nitrogens is 3. The van der Waals surface area contributed by atoms with Gasteiger partial charge in [0.15, 0.2) is 5.56 Å². The number of aromatic hydroxyl groups is 1. The standard InChI is InChI=1S/C24H31N5O5/c1-13(2)8-28-22-18(6-7-19(30)27-9-15-11-34-12-16(15)10-27)14(3)26-29(22)24(33)20(23(28)32)21(31)25-17-4-5-17/h6-7,13,15-17,33H,4-5,8-12H2,1-3H3,(H,25,31)/b7-6+/t15-,16+. The van der Waals surface area contributed by atoms with Crippen molar-refractivity contribution in [2.45, 2.75) is 46.2 Å². The lowest BCUT2D eigenvalue weighted by Gasteiger charge is -2.16. The Morgan fingerprint density at radius 3 is 2.53 bits per heavy atom. The average molecular weight is 470 g/mol. The maximum absolute atomic E-state index is 13.4. The highest BCUT2D eigenvalue weighted by Crippen LogP contribution is 2.30. The van der Waals surface area contributed by atoms with Gasteiger partial charge in [0.2, 0.25) is 11.8 Å². The Hall–Kier alpha value is -3.14. The zero-order valence-electron chi connectivity index (χ0n) is 19.8. The first-order valence-corrected chi connectivity index (χ1v) is 11.9. The summed E-state index contributed by atoms with van der Waals surface area (Å²) in [6.45, 7) is 8.78. The lowest BCUT2D eigenvalue weighted by Crippen LogP contribution is -2.36. The van der Waals surface area contributed by atoms with Crippen molar-refractivity contribution in [3.8, 4) is 5.88 Å². The van der Waals surface area contributed by atoms with Gasteiger partial charge in [0.1, 0.15) is 5.65 Å². The normalized spacial score (nSPS) is 22.3. The SMILES string of the molecule is Cc1nn2c(O)c(C(=O)NC3CC3)c(=O)n(CC(C)C)c2c1/C=C/C(=O)N1C[C@H]2COC[C@H]2C1. The molecular formula is C24H31N5O5. The molecule has 5 rings (SSSR count). The minimum absolute atomic E-state index is 0.0427. The molecule has 10 heteroatoms. The summed E-state index contributed by atoms with van der Waals surface area (Å²) in [6.07, 6.45) is 4.89. The Bertz CT molecular complexity index is 1230. The van der Waals surface area contributed by atoms with Crippen LogP contribution in [-0.2, 0) is 16.1 Å². The van der Waals surface area contributed by atoms with Crippen molar-refractivity contribution in [1.82, 2.24) is 24.4 Å². The van der Waals surface area contributed by atoms with Crippen molar-refractivity contribution in [2.75, 3.05) is 26.3 Å². The van der Waals surface area contributed by atoms with E-state index in [1.54, 1.807) is 13.0 Å². The fraction of sp³-hybridized carbons (Fsp3) is 0.583. The molecule has 2 aromatic rings. The Morgan fingerprint density at radius 1 is 1.24 bits per heavy atom. The molecule has 2 N–H and O–H groups in total. The summed E-state index contributed by atoms with van der Waals surface area (Å²) in [5.41, 5.74) is 0.610. The number of nitrogens with one attached hydrogen (secondary N) is 1. The zero-order valence-corrected chi connectivity index (χ0v) is 19.8. The Labute approximate surface area is 197 Å². The molecule has 0 aromatic carbocycles. The van der Waals surface area contributed by atoms with E-state index in [0.29, 0.717) is 61.6 Å². The molecule has 2 aliphatic heterocycles. The number of fused-ring (bicyclic) bond motifs is 2. The van der Waals surface area contributed by atoms with E-state index < -0.39 is 17.3 Å². The van der Waals surface area contributed by atoms with E-state index in [2.05, 4.69) is 10.4 Å². The third-order valence-corrected chi connectivity index (χ3v) is 6.85. The highest BCUT2D eigenvalue weighted by atomic mass is 16.5. The zero-order chi connectivity index (χ0) is 24.1. The minimum atomic E-state index is -0.589. The molecule has 182 valence electrons. The van der Waals surface area contributed by atoms with Crippen molar-refractivity contribution in [1.29, 1.82) is 0 Å². The number of amides is 2. The molecule has 34 heavy (non-hydrogen) atoms. The molecule has 2 amide bonds. The number of nitrogens with zero attached hydrogens (tertiary/aromatic N) is 4. The number of ether oxygens (including phenoxy) is 1. The molecule has 2 saturated heterocycles. The Kier molecular flexibility index (Phi) is 5.71. The number of hydrogen-bond acceptors (Lipinski definition) is 6. The van der Waals surface area contributed by atoms with Crippen LogP contribution in [0.15, 0.2) is 10.9 Å². The van der Waals surface area contributed by atoms with Gasteiger partial charge in [-0.05, 0) is 31.8 Å². The number of aryl methyl sites for hydroxylation is 1. The summed E-state index contributed by atoms with van der Waals surface area (Å²) in [5.74, 6) is -0.289. The molecule has 1 saturated carbocycles. The first-order chi connectivity index (χ1) is 16.2. The van der Waals surface area contributed by atoms with E-state index >= 15 is 0 Å². The van der Waals surface area contributed by atoms with E-state index in [-0.39, 0.29) is 23.4 Å². The van der Waals surface area contributed by atoms with Crippen LogP contribution in [0.1, 0.15) is 48.3 Å². The molecule has 2 aromatic heterocycles. The van der Waals surface area contributed by atoms with E-state index in [4.69, 9.17) is 4.74 Å². The first kappa shape index (κ1) is 22.6. The van der Waals surface area contributed by atoms with Crippen LogP contribution in [0.5, 0.6) is 5.88 Å². The van der Waals surface area contributed by atoms with Crippen LogP contribution in [0.2, 0.25) is 0 Å². The highest BCUT2D eigenvalue weighted by molar-refractivity contribution is 5.97. The molecule has 3 aliphatic rings. The molecule has 1 aliphatic carbocycles. The molecule has 0 unspecified atom stereocenters. The monoisotopic (exact) mass is 469 g/mol. The summed E-state index contributed by atoms with van der Waals surface area (Å²) in [4.78, 5) is 40.8. The minimum Gasteiger partial charge on any atom is -0.492 e. The van der Waals surface area contributed by atoms with Crippen LogP contribution < -0.4 is 10.9 Å². The third kappa shape index (κ3) is 4.00. The molecule has 3 fully saturated rings. The molecule has 10 nitrogen and oxygen atoms in total. The van der Waals surface area contributed by atoms with Gasteiger partial charge in [-0.1, -0.05) is 13.8 Å². The number of rotatable bonds is 6. The van der Waals surface area contributed by atoms with Gasteiger partial charge < -0.3 is 20.1 Å². The Morgan fingerprint density at radius 2 is 1.91 bits per heavy atom. The topological polar surface area (TPSA) is 118 Å². The van der Waals surface area contributed by atoms with Crippen LogP contribution in [-0.4, -0.2) is 68.3 Å². The quantitative estimate of drug-likeness (QED) is 0.614. The molecule has 0 spiro atoms. The van der Waals surface area contributed by atoms with Crippen LogP contribution in [0.25, 0.3) is 11.7 Å². The highest BCUT2D eigenvalue weighted by Gasteiger charge is 2.38. The second-order valence-corrected chi connectivity index (χ2v) is 10.1. The lowest BCUT2D eigenvalue weighted by atomic mass is 10.0. The predicted octanol–water partition coefficient (Wildman–Crippen LogP) is 1.18. The van der Waals surface area contributed by atoms with Crippen molar-refractivity contribution < 1.29 is 19.4 Å². The fourth-order valence-electron chi connectivity index (χ4n) is 4.91. The smallest absolute Gasteiger partial charge is 0.270 e. The molecule has 2 atom stereocenters. The largest absolute Gasteiger partial charge is 0.492 e. The van der Waals surface area contributed by atoms with Gasteiger partial charge in [-0.3, -0.25) is 19.0 Å². The van der Waals surface area contributed by atoms with E-state index in [1.807, 2.05) is 18.7 Å². The first-order valence-electron chi connectivity index (χ1n) is 11.9. The third-order valence-electron chi connectivity index (χ3n) is 6.85. The van der Waals surface area contributed by atoms with Crippen molar-refractivity contribution in [3.63, 3.8) is 0 Å². The second-order valence-electron chi connectivity index (χ2n) is 10.1. The van der Waals surface area contributed by atoms with Crippen molar-refractivity contribution in [2.24, 2.45) is 17.8 Å². The van der Waals surface area contributed by atoms with E-state index in [1.165, 1.54) is 15.2 Å². The number of carbonyl (C=O) groups is 2. The van der Waals surface area contributed by atoms with Crippen LogP contribution in [0.4, 0.5) is 0 Å². The van der Waals surface area contributed by atoms with E-state index in [9.17, 15) is 19.5 Å². The fourth-order valence-corrected chi connectivity index (χ4v) is 4.91. The summed E-state index contributed by atoms with van der Waals surface area (Å²) in [5, 5.41) is 18.1. The molecule has 0 bridgehead atoms. The number of carbonyl (C=O) groups excluding carboxylic acids is 2. The molecule has 4 heterocycles. The maximum atomic E-state index is 13.4.